The summed E-state index contributed by atoms with van der Waals surface area (Å²) in [6.45, 7) is 5.83. The molecule has 1 aliphatic rings. The minimum atomic E-state index is -0.0672. The maximum atomic E-state index is 9.64. The van der Waals surface area contributed by atoms with Crippen LogP contribution in [0.5, 0.6) is 0 Å². The summed E-state index contributed by atoms with van der Waals surface area (Å²) in [7, 11) is 0. The van der Waals surface area contributed by atoms with E-state index in [4.69, 9.17) is 0 Å². The number of unbranched alkanes of at least 4 members (excludes halogenated alkanes) is 1. The Bertz CT molecular complexity index is 136. The average molecular weight is 154 g/mol. The number of rotatable bonds is 5. The molecule has 0 amide bonds. The molecule has 0 heterocycles. The van der Waals surface area contributed by atoms with Crippen molar-refractivity contribution in [3.8, 4) is 0 Å². The van der Waals surface area contributed by atoms with E-state index in [1.165, 1.54) is 12.8 Å². The first-order valence-electron chi connectivity index (χ1n) is 4.48. The molecule has 11 heavy (non-hydrogen) atoms. The lowest BCUT2D eigenvalue weighted by atomic mass is 9.97. The minimum Gasteiger partial charge on any atom is -0.393 e. The molecule has 1 nitrogen and oxygen atoms in total. The Morgan fingerprint density at radius 3 is 2.73 bits per heavy atom. The zero-order valence-electron chi connectivity index (χ0n) is 7.34. The van der Waals surface area contributed by atoms with Crippen LogP contribution in [-0.2, 0) is 0 Å². The second-order valence-electron chi connectivity index (χ2n) is 3.89. The molecule has 1 atom stereocenters. The fourth-order valence-electron chi connectivity index (χ4n) is 1.33. The molecule has 0 aliphatic heterocycles. The molecule has 0 saturated heterocycles. The summed E-state index contributed by atoms with van der Waals surface area (Å²) in [5, 5.41) is 9.64. The topological polar surface area (TPSA) is 20.2 Å². The van der Waals surface area contributed by atoms with Crippen molar-refractivity contribution in [2.75, 3.05) is 0 Å². The third kappa shape index (κ3) is 2.33. The predicted octanol–water partition coefficient (Wildman–Crippen LogP) is 2.50. The smallest absolute Gasteiger partial charge is 0.0593 e. The zero-order valence-corrected chi connectivity index (χ0v) is 7.34. The number of hydrogen-bond donors (Lipinski definition) is 1. The Kier molecular flexibility index (Phi) is 2.72. The van der Waals surface area contributed by atoms with Crippen molar-refractivity contribution >= 4 is 0 Å². The molecule has 1 rings (SSSR count). The summed E-state index contributed by atoms with van der Waals surface area (Å²) in [5.74, 6) is 0. The molecule has 0 spiro atoms. The van der Waals surface area contributed by atoms with Gasteiger partial charge in [0.25, 0.3) is 0 Å². The van der Waals surface area contributed by atoms with E-state index in [-0.39, 0.29) is 11.5 Å². The van der Waals surface area contributed by atoms with E-state index in [9.17, 15) is 5.11 Å². The highest BCUT2D eigenvalue weighted by Gasteiger charge is 2.43. The Morgan fingerprint density at radius 1 is 1.64 bits per heavy atom. The number of aliphatic hydroxyl groups excluding tert-OH is 1. The van der Waals surface area contributed by atoms with E-state index in [1.54, 1.807) is 0 Å². The van der Waals surface area contributed by atoms with Crippen molar-refractivity contribution in [1.29, 1.82) is 0 Å². The van der Waals surface area contributed by atoms with Gasteiger partial charge in [0.2, 0.25) is 0 Å². The minimum absolute atomic E-state index is 0.0672. The summed E-state index contributed by atoms with van der Waals surface area (Å²) in [6, 6.07) is 0. The monoisotopic (exact) mass is 154 g/mol. The number of hydrogen-bond acceptors (Lipinski definition) is 1. The normalized spacial score (nSPS) is 22.7. The quantitative estimate of drug-likeness (QED) is 0.476. The van der Waals surface area contributed by atoms with E-state index in [0.717, 1.165) is 19.3 Å². The molecule has 1 saturated carbocycles. The van der Waals surface area contributed by atoms with Crippen LogP contribution in [0.15, 0.2) is 12.7 Å². The summed E-state index contributed by atoms with van der Waals surface area (Å²) in [6.07, 6.45) is 7.34. The molecule has 0 aromatic rings. The van der Waals surface area contributed by atoms with Crippen LogP contribution in [0.3, 0.4) is 0 Å². The molecule has 0 radical (unpaired) electrons. The largest absolute Gasteiger partial charge is 0.393 e. The average Bonchev–Trinajstić information content (AvgIpc) is 2.70. The van der Waals surface area contributed by atoms with Gasteiger partial charge in [0.1, 0.15) is 0 Å². The van der Waals surface area contributed by atoms with Crippen LogP contribution in [0, 0.1) is 5.41 Å². The van der Waals surface area contributed by atoms with Crippen molar-refractivity contribution < 1.29 is 5.11 Å². The molecule has 1 fully saturated rings. The molecule has 0 aromatic heterocycles. The highest BCUT2D eigenvalue weighted by Crippen LogP contribution is 2.49. The van der Waals surface area contributed by atoms with E-state index in [2.05, 4.69) is 13.5 Å². The highest BCUT2D eigenvalue weighted by atomic mass is 16.3. The van der Waals surface area contributed by atoms with Crippen LogP contribution in [-0.4, -0.2) is 11.2 Å². The SMILES string of the molecule is C=CCCCC(O)C1(C)CC1. The molecular weight excluding hydrogens is 136 g/mol. The molecule has 0 aromatic carbocycles. The van der Waals surface area contributed by atoms with E-state index < -0.39 is 0 Å². The first-order valence-corrected chi connectivity index (χ1v) is 4.48. The molecule has 1 aliphatic carbocycles. The summed E-state index contributed by atoms with van der Waals surface area (Å²) in [4.78, 5) is 0. The van der Waals surface area contributed by atoms with E-state index >= 15 is 0 Å². The van der Waals surface area contributed by atoms with Gasteiger partial charge in [0.15, 0.2) is 0 Å². The maximum absolute atomic E-state index is 9.64. The van der Waals surface area contributed by atoms with Gasteiger partial charge >= 0.3 is 0 Å². The molecule has 64 valence electrons. The van der Waals surface area contributed by atoms with Gasteiger partial charge in [0.05, 0.1) is 6.10 Å². The first kappa shape index (κ1) is 8.79. The summed E-state index contributed by atoms with van der Waals surface area (Å²) < 4.78 is 0. The Hall–Kier alpha value is -0.300. The van der Waals surface area contributed by atoms with E-state index in [0.29, 0.717) is 0 Å². The van der Waals surface area contributed by atoms with Crippen LogP contribution < -0.4 is 0 Å². The standard InChI is InChI=1S/C10H18O/c1-3-4-5-6-9(11)10(2)7-8-10/h3,9,11H,1,4-8H2,2H3. The Morgan fingerprint density at radius 2 is 2.27 bits per heavy atom. The lowest BCUT2D eigenvalue weighted by Gasteiger charge is -2.16. The van der Waals surface area contributed by atoms with Crippen molar-refractivity contribution in [3.63, 3.8) is 0 Å². The maximum Gasteiger partial charge on any atom is 0.0593 e. The van der Waals surface area contributed by atoms with Crippen molar-refractivity contribution in [3.05, 3.63) is 12.7 Å². The van der Waals surface area contributed by atoms with Gasteiger partial charge in [-0.3, -0.25) is 0 Å². The third-order valence-electron chi connectivity index (χ3n) is 2.73. The second kappa shape index (κ2) is 3.40. The van der Waals surface area contributed by atoms with Gasteiger partial charge in [-0.15, -0.1) is 6.58 Å². The zero-order chi connectivity index (χ0) is 8.32. The van der Waals surface area contributed by atoms with E-state index in [1.807, 2.05) is 6.08 Å². The van der Waals surface area contributed by atoms with Gasteiger partial charge in [-0.25, -0.2) is 0 Å². The third-order valence-corrected chi connectivity index (χ3v) is 2.73. The fraction of sp³-hybridized carbons (Fsp3) is 0.800. The van der Waals surface area contributed by atoms with Gasteiger partial charge in [-0.1, -0.05) is 13.0 Å². The Labute approximate surface area is 69.1 Å². The lowest BCUT2D eigenvalue weighted by molar-refractivity contribution is 0.0924. The van der Waals surface area contributed by atoms with Crippen LogP contribution in [0.2, 0.25) is 0 Å². The van der Waals surface area contributed by atoms with Crippen molar-refractivity contribution in [1.82, 2.24) is 0 Å². The van der Waals surface area contributed by atoms with Crippen molar-refractivity contribution in [2.24, 2.45) is 5.41 Å². The first-order chi connectivity index (χ1) is 5.19. The summed E-state index contributed by atoms with van der Waals surface area (Å²) in [5.41, 5.74) is 0.279. The van der Waals surface area contributed by atoms with Gasteiger partial charge in [-0.05, 0) is 37.5 Å². The van der Waals surface area contributed by atoms with Crippen LogP contribution in [0.25, 0.3) is 0 Å². The van der Waals surface area contributed by atoms with Gasteiger partial charge in [0, 0.05) is 0 Å². The molecule has 1 heteroatoms. The molecular formula is C10H18O. The fourth-order valence-corrected chi connectivity index (χ4v) is 1.33. The van der Waals surface area contributed by atoms with Crippen molar-refractivity contribution in [2.45, 2.75) is 45.1 Å². The van der Waals surface area contributed by atoms with Crippen LogP contribution >= 0.6 is 0 Å². The van der Waals surface area contributed by atoms with Gasteiger partial charge in [-0.2, -0.15) is 0 Å². The highest BCUT2D eigenvalue weighted by molar-refractivity contribution is 4.94. The molecule has 0 bridgehead atoms. The lowest BCUT2D eigenvalue weighted by Crippen LogP contribution is -2.18. The van der Waals surface area contributed by atoms with Crippen LogP contribution in [0.4, 0.5) is 0 Å². The molecule has 1 unspecified atom stereocenters. The number of aliphatic hydroxyl groups is 1. The molecule has 1 N–H and O–H groups in total. The Balaban J connectivity index is 2.11. The number of allylic oxidation sites excluding steroid dienone is 1. The summed E-state index contributed by atoms with van der Waals surface area (Å²) >= 11 is 0. The van der Waals surface area contributed by atoms with Gasteiger partial charge < -0.3 is 5.11 Å². The van der Waals surface area contributed by atoms with Crippen LogP contribution in [0.1, 0.15) is 39.0 Å². The predicted molar refractivity (Wildman–Crippen MR) is 47.4 cm³/mol. The second-order valence-corrected chi connectivity index (χ2v) is 3.89.